The lowest BCUT2D eigenvalue weighted by molar-refractivity contribution is 0.0601. The number of anilines is 1. The van der Waals surface area contributed by atoms with E-state index in [-0.39, 0.29) is 22.7 Å². The molecule has 0 atom stereocenters. The molecule has 19 heavy (non-hydrogen) atoms. The van der Waals surface area contributed by atoms with Gasteiger partial charge in [0.25, 0.3) is 0 Å². The fraction of sp³-hybridized carbons (Fsp3) is 0.0833. The second-order valence-electron chi connectivity index (χ2n) is 3.64. The maximum absolute atomic E-state index is 11.7. The van der Waals surface area contributed by atoms with Crippen molar-refractivity contribution in [2.45, 2.75) is 0 Å². The zero-order valence-corrected chi connectivity index (χ0v) is 9.91. The SMILES string of the molecule is COC(=O)c1c(N)cccc1-c1cc(C(=O)O)no1. The van der Waals surface area contributed by atoms with Gasteiger partial charge in [0.2, 0.25) is 0 Å². The predicted octanol–water partition coefficient (Wildman–Crippen LogP) is 1.41. The summed E-state index contributed by atoms with van der Waals surface area (Å²) in [4.78, 5) is 22.4. The highest BCUT2D eigenvalue weighted by Gasteiger charge is 2.20. The fourth-order valence-electron chi connectivity index (χ4n) is 1.61. The molecule has 0 unspecified atom stereocenters. The maximum Gasteiger partial charge on any atom is 0.358 e. The van der Waals surface area contributed by atoms with Crippen LogP contribution in [-0.2, 0) is 4.74 Å². The molecule has 2 aromatic rings. The van der Waals surface area contributed by atoms with Crippen molar-refractivity contribution in [2.24, 2.45) is 0 Å². The molecule has 7 nitrogen and oxygen atoms in total. The van der Waals surface area contributed by atoms with Gasteiger partial charge in [-0.15, -0.1) is 0 Å². The summed E-state index contributed by atoms with van der Waals surface area (Å²) in [6.07, 6.45) is 0. The third-order valence-electron chi connectivity index (χ3n) is 2.48. The Labute approximate surface area is 107 Å². The molecule has 98 valence electrons. The molecular weight excluding hydrogens is 252 g/mol. The van der Waals surface area contributed by atoms with Crippen molar-refractivity contribution in [3.63, 3.8) is 0 Å². The van der Waals surface area contributed by atoms with Crippen LogP contribution in [0.3, 0.4) is 0 Å². The van der Waals surface area contributed by atoms with Crippen LogP contribution >= 0.6 is 0 Å². The van der Waals surface area contributed by atoms with Crippen LogP contribution in [0.1, 0.15) is 20.8 Å². The van der Waals surface area contributed by atoms with Gasteiger partial charge >= 0.3 is 11.9 Å². The molecule has 0 bridgehead atoms. The molecular formula is C12H10N2O5. The second kappa shape index (κ2) is 4.81. The topological polar surface area (TPSA) is 116 Å². The Hall–Kier alpha value is -2.83. The van der Waals surface area contributed by atoms with E-state index in [0.717, 1.165) is 0 Å². The van der Waals surface area contributed by atoms with Crippen LogP contribution in [0.2, 0.25) is 0 Å². The second-order valence-corrected chi connectivity index (χ2v) is 3.64. The number of carboxylic acid groups (broad SMARTS) is 1. The Morgan fingerprint density at radius 2 is 2.16 bits per heavy atom. The summed E-state index contributed by atoms with van der Waals surface area (Å²) in [5, 5.41) is 12.2. The fourth-order valence-corrected chi connectivity index (χ4v) is 1.61. The van der Waals surface area contributed by atoms with Gasteiger partial charge in [0.1, 0.15) is 0 Å². The number of ether oxygens (including phenoxy) is 1. The highest BCUT2D eigenvalue weighted by atomic mass is 16.5. The van der Waals surface area contributed by atoms with Crippen molar-refractivity contribution >= 4 is 17.6 Å². The van der Waals surface area contributed by atoms with Gasteiger partial charge < -0.3 is 20.1 Å². The Morgan fingerprint density at radius 1 is 1.42 bits per heavy atom. The number of rotatable bonds is 3. The van der Waals surface area contributed by atoms with Gasteiger partial charge in [-0.2, -0.15) is 0 Å². The Morgan fingerprint density at radius 3 is 2.74 bits per heavy atom. The van der Waals surface area contributed by atoms with Crippen LogP contribution in [0.25, 0.3) is 11.3 Å². The zero-order chi connectivity index (χ0) is 14.0. The summed E-state index contributed by atoms with van der Waals surface area (Å²) in [7, 11) is 1.22. The van der Waals surface area contributed by atoms with Crippen LogP contribution in [-0.4, -0.2) is 29.3 Å². The lowest BCUT2D eigenvalue weighted by Gasteiger charge is -2.07. The molecule has 0 aliphatic carbocycles. The number of nitrogen functional groups attached to an aromatic ring is 1. The largest absolute Gasteiger partial charge is 0.476 e. The highest BCUT2D eigenvalue weighted by Crippen LogP contribution is 2.29. The first-order valence-electron chi connectivity index (χ1n) is 5.21. The number of carbonyl (C=O) groups excluding carboxylic acids is 1. The van der Waals surface area contributed by atoms with Gasteiger partial charge in [-0.3, -0.25) is 0 Å². The first-order valence-corrected chi connectivity index (χ1v) is 5.21. The van der Waals surface area contributed by atoms with Crippen LogP contribution in [0.15, 0.2) is 28.8 Å². The van der Waals surface area contributed by atoms with E-state index < -0.39 is 11.9 Å². The molecule has 0 fully saturated rings. The minimum Gasteiger partial charge on any atom is -0.476 e. The molecule has 1 aromatic heterocycles. The highest BCUT2D eigenvalue weighted by molar-refractivity contribution is 6.02. The van der Waals surface area contributed by atoms with Crippen molar-refractivity contribution in [2.75, 3.05) is 12.8 Å². The number of aromatic carboxylic acids is 1. The van der Waals surface area contributed by atoms with Crippen molar-refractivity contribution in [3.05, 3.63) is 35.5 Å². The van der Waals surface area contributed by atoms with E-state index in [1.165, 1.54) is 19.2 Å². The number of hydrogen-bond donors (Lipinski definition) is 2. The van der Waals surface area contributed by atoms with E-state index in [4.69, 9.17) is 15.4 Å². The minimum atomic E-state index is -1.22. The molecule has 0 saturated carbocycles. The average molecular weight is 262 g/mol. The Balaban J connectivity index is 2.58. The normalized spacial score (nSPS) is 10.2. The van der Waals surface area contributed by atoms with Crippen LogP contribution in [0.5, 0.6) is 0 Å². The maximum atomic E-state index is 11.7. The number of methoxy groups -OCH3 is 1. The van der Waals surface area contributed by atoms with E-state index >= 15 is 0 Å². The molecule has 1 heterocycles. The first-order chi connectivity index (χ1) is 9.04. The van der Waals surface area contributed by atoms with E-state index in [1.807, 2.05) is 0 Å². The van der Waals surface area contributed by atoms with Gasteiger partial charge in [0.05, 0.1) is 12.7 Å². The number of hydrogen-bond acceptors (Lipinski definition) is 6. The summed E-state index contributed by atoms with van der Waals surface area (Å²) in [6.45, 7) is 0. The lowest BCUT2D eigenvalue weighted by Crippen LogP contribution is -2.07. The first kappa shape index (κ1) is 12.6. The third-order valence-corrected chi connectivity index (χ3v) is 2.48. The van der Waals surface area contributed by atoms with Crippen molar-refractivity contribution in [1.82, 2.24) is 5.16 Å². The van der Waals surface area contributed by atoms with Gasteiger partial charge in [0, 0.05) is 17.3 Å². The summed E-state index contributed by atoms with van der Waals surface area (Å²) in [5.41, 5.74) is 6.11. The summed E-state index contributed by atoms with van der Waals surface area (Å²) in [6, 6.07) is 5.92. The molecule has 2 rings (SSSR count). The minimum absolute atomic E-state index is 0.109. The summed E-state index contributed by atoms with van der Waals surface area (Å²) in [5.74, 6) is -1.73. The van der Waals surface area contributed by atoms with Gasteiger partial charge in [-0.05, 0) is 6.07 Å². The van der Waals surface area contributed by atoms with Crippen molar-refractivity contribution < 1.29 is 24.0 Å². The van der Waals surface area contributed by atoms with E-state index in [9.17, 15) is 9.59 Å². The van der Waals surface area contributed by atoms with Crippen molar-refractivity contribution in [1.29, 1.82) is 0 Å². The molecule has 0 aliphatic rings. The number of benzene rings is 1. The Kier molecular flexibility index (Phi) is 3.19. The molecule has 0 radical (unpaired) electrons. The van der Waals surface area contributed by atoms with E-state index in [1.54, 1.807) is 12.1 Å². The summed E-state index contributed by atoms with van der Waals surface area (Å²) >= 11 is 0. The van der Waals surface area contributed by atoms with Gasteiger partial charge in [-0.1, -0.05) is 17.3 Å². The number of carbonyl (C=O) groups is 2. The van der Waals surface area contributed by atoms with E-state index in [0.29, 0.717) is 5.56 Å². The monoisotopic (exact) mass is 262 g/mol. The Bertz CT molecular complexity index is 647. The standard InChI is InChI=1S/C12H10N2O5/c1-18-12(17)10-6(3-2-4-7(10)13)9-5-8(11(15)16)14-19-9/h2-5H,13H2,1H3,(H,15,16). The molecule has 0 spiro atoms. The third kappa shape index (κ3) is 2.25. The van der Waals surface area contributed by atoms with Gasteiger partial charge in [-0.25, -0.2) is 9.59 Å². The average Bonchev–Trinajstić information content (AvgIpc) is 2.87. The number of carboxylic acids is 1. The number of esters is 1. The number of aromatic nitrogens is 1. The molecule has 0 amide bonds. The van der Waals surface area contributed by atoms with Crippen LogP contribution in [0.4, 0.5) is 5.69 Å². The molecule has 3 N–H and O–H groups in total. The number of nitrogens with two attached hydrogens (primary N) is 1. The van der Waals surface area contributed by atoms with Crippen LogP contribution in [0, 0.1) is 0 Å². The molecule has 0 saturated heterocycles. The molecule has 1 aromatic carbocycles. The number of nitrogens with zero attached hydrogens (tertiary/aromatic N) is 1. The summed E-state index contributed by atoms with van der Waals surface area (Å²) < 4.78 is 9.54. The molecule has 7 heteroatoms. The predicted molar refractivity (Wildman–Crippen MR) is 64.7 cm³/mol. The lowest BCUT2D eigenvalue weighted by atomic mass is 10.0. The zero-order valence-electron chi connectivity index (χ0n) is 9.91. The van der Waals surface area contributed by atoms with Crippen LogP contribution < -0.4 is 5.73 Å². The quantitative estimate of drug-likeness (QED) is 0.634. The smallest absolute Gasteiger partial charge is 0.358 e. The van der Waals surface area contributed by atoms with Gasteiger partial charge in [0.15, 0.2) is 11.5 Å². The van der Waals surface area contributed by atoms with Crippen molar-refractivity contribution in [3.8, 4) is 11.3 Å². The molecule has 0 aliphatic heterocycles. The van der Waals surface area contributed by atoms with E-state index in [2.05, 4.69) is 9.89 Å².